The first-order chi connectivity index (χ1) is 30.4. The number of anilines is 2. The third-order valence-corrected chi connectivity index (χ3v) is 11.8. The number of rotatable bonds is 13. The summed E-state index contributed by atoms with van der Waals surface area (Å²) in [7, 11) is 1.26. The fourth-order valence-electron chi connectivity index (χ4n) is 8.13. The van der Waals surface area contributed by atoms with Gasteiger partial charge < -0.3 is 45.2 Å². The molecule has 0 aliphatic carbocycles. The fourth-order valence-corrected chi connectivity index (χ4v) is 8.38. The fraction of sp³-hybridized carbons (Fsp3) is 0.444. The highest BCUT2D eigenvalue weighted by molar-refractivity contribution is 6.35. The molecule has 0 radical (unpaired) electrons. The van der Waals surface area contributed by atoms with Crippen molar-refractivity contribution < 1.29 is 46.9 Å². The number of aromatic amines is 1. The lowest BCUT2D eigenvalue weighted by atomic mass is 9.90. The van der Waals surface area contributed by atoms with Gasteiger partial charge in [-0.15, -0.1) is 13.2 Å². The van der Waals surface area contributed by atoms with E-state index >= 15 is 0 Å². The van der Waals surface area contributed by atoms with E-state index in [2.05, 4.69) is 42.9 Å². The number of nitrogens with zero attached hydrogens (tertiary/aromatic N) is 3. The van der Waals surface area contributed by atoms with E-state index in [0.717, 1.165) is 6.07 Å². The average molecular weight is 909 g/mol. The number of aliphatic hydroxyl groups is 1. The Bertz CT molecular complexity index is 2490. The zero-order valence-corrected chi connectivity index (χ0v) is 36.8. The molecule has 64 heavy (non-hydrogen) atoms. The van der Waals surface area contributed by atoms with Gasteiger partial charge in [-0.3, -0.25) is 14.9 Å². The third kappa shape index (κ3) is 10.8. The summed E-state index contributed by atoms with van der Waals surface area (Å²) in [5, 5.41) is 22.9. The molecule has 0 spiro atoms. The molecule has 7 rings (SSSR count). The van der Waals surface area contributed by atoms with Crippen molar-refractivity contribution in [1.29, 1.82) is 0 Å². The van der Waals surface area contributed by atoms with E-state index in [-0.39, 0.29) is 45.0 Å². The minimum absolute atomic E-state index is 0.000986. The van der Waals surface area contributed by atoms with Crippen LogP contribution in [0, 0.1) is 17.3 Å². The van der Waals surface area contributed by atoms with Crippen LogP contribution in [0.2, 0.25) is 5.02 Å². The largest absolute Gasteiger partial charge is 0.573 e. The SMILES string of the molecule is COC(=O)N[C@H](C(=O)N1C[C@@H](C)C[C@H]1c1nc2c(ccc3cc(-c4cc(Cl)c(C(=O)Nc5ccc(NCCNC(O)C(C)(C)C)nc5)cc4OC(F)(F)F)ccc32)[nH]1)C1CCOCC1. The summed E-state index contributed by atoms with van der Waals surface area (Å²) in [6, 6.07) is 12.9. The molecule has 2 fully saturated rings. The Labute approximate surface area is 372 Å². The van der Waals surface area contributed by atoms with E-state index in [1.54, 1.807) is 35.2 Å². The summed E-state index contributed by atoms with van der Waals surface area (Å²) in [5.41, 5.74) is 1.32. The number of carbonyl (C=O) groups excluding carboxylic acids is 3. The molecule has 3 amide bonds. The molecule has 19 heteroatoms. The summed E-state index contributed by atoms with van der Waals surface area (Å²) >= 11 is 6.61. The van der Waals surface area contributed by atoms with E-state index in [4.69, 9.17) is 26.1 Å². The van der Waals surface area contributed by atoms with Crippen molar-refractivity contribution in [1.82, 2.24) is 30.5 Å². The summed E-state index contributed by atoms with van der Waals surface area (Å²) in [5.74, 6) is -0.546. The van der Waals surface area contributed by atoms with Gasteiger partial charge in [-0.05, 0) is 78.4 Å². The van der Waals surface area contributed by atoms with Crippen molar-refractivity contribution in [2.45, 2.75) is 71.6 Å². The van der Waals surface area contributed by atoms with Gasteiger partial charge in [0.1, 0.15) is 29.7 Å². The molecular weight excluding hydrogens is 857 g/mol. The van der Waals surface area contributed by atoms with Crippen LogP contribution in [0.15, 0.2) is 60.8 Å². The molecule has 342 valence electrons. The number of alkyl carbamates (subject to hydrolysis) is 1. The standard InChI is InChI=1S/C45H52ClF3N8O7/c1-24-18-34(57(23-24)41(59)37(56-43(61)62-5)25-12-16-63-17-13-25)39-54-33-10-7-26-19-27(6-9-29(26)38(33)55-39)30-20-32(46)31(21-35(30)64-45(47,48)49)40(58)53-28-8-11-36(52-22-28)50-14-15-51-42(60)44(2,3)4/h6-11,19-22,24-25,34,37,42,51,60H,12-18,23H2,1-5H3,(H,50,52)(H,53,58)(H,54,55)(H,56,61)/t24-,34-,37-,42?/m0/s1. The molecule has 0 bridgehead atoms. The van der Waals surface area contributed by atoms with Crippen molar-refractivity contribution in [3.8, 4) is 16.9 Å². The molecule has 0 saturated carbocycles. The van der Waals surface area contributed by atoms with Gasteiger partial charge >= 0.3 is 12.5 Å². The number of ether oxygens (including phenoxy) is 3. The summed E-state index contributed by atoms with van der Waals surface area (Å²) in [6.45, 7) is 10.1. The molecular formula is C45H52ClF3N8O7. The smallest absolute Gasteiger partial charge is 0.453 e. The Morgan fingerprint density at radius 2 is 1.81 bits per heavy atom. The number of imidazole rings is 1. The van der Waals surface area contributed by atoms with Gasteiger partial charge in [0.15, 0.2) is 0 Å². The maximum absolute atomic E-state index is 14.2. The number of hydrogen-bond donors (Lipinski definition) is 6. The van der Waals surface area contributed by atoms with Gasteiger partial charge in [-0.25, -0.2) is 14.8 Å². The maximum atomic E-state index is 14.2. The quantitative estimate of drug-likeness (QED) is 0.0496. The number of amides is 3. The zero-order valence-electron chi connectivity index (χ0n) is 36.1. The highest BCUT2D eigenvalue weighted by Gasteiger charge is 2.42. The molecule has 6 N–H and O–H groups in total. The minimum Gasteiger partial charge on any atom is -0.453 e. The highest BCUT2D eigenvalue weighted by atomic mass is 35.5. The normalized spacial score (nSPS) is 18.2. The Kier molecular flexibility index (Phi) is 13.9. The van der Waals surface area contributed by atoms with Crippen molar-refractivity contribution in [2.24, 2.45) is 17.3 Å². The number of methoxy groups -OCH3 is 1. The van der Waals surface area contributed by atoms with Crippen LogP contribution in [0.25, 0.3) is 32.9 Å². The number of likely N-dealkylation sites (tertiary alicyclic amines) is 1. The highest BCUT2D eigenvalue weighted by Crippen LogP contribution is 2.41. The van der Waals surface area contributed by atoms with Crippen molar-refractivity contribution in [3.05, 3.63) is 77.2 Å². The van der Waals surface area contributed by atoms with Gasteiger partial charge in [0.2, 0.25) is 5.91 Å². The molecule has 2 aromatic heterocycles. The second-order valence-electron chi connectivity index (χ2n) is 17.3. The van der Waals surface area contributed by atoms with Gasteiger partial charge in [-0.1, -0.05) is 57.5 Å². The number of benzene rings is 3. The van der Waals surface area contributed by atoms with Crippen molar-refractivity contribution >= 4 is 62.8 Å². The summed E-state index contributed by atoms with van der Waals surface area (Å²) in [4.78, 5) is 54.4. The predicted octanol–water partition coefficient (Wildman–Crippen LogP) is 8.01. The first-order valence-electron chi connectivity index (χ1n) is 21.1. The van der Waals surface area contributed by atoms with Crippen LogP contribution in [-0.2, 0) is 14.3 Å². The van der Waals surface area contributed by atoms with E-state index in [1.807, 2.05) is 32.9 Å². The molecule has 1 unspecified atom stereocenters. The number of aliphatic hydroxyl groups excluding tert-OH is 1. The number of nitrogens with one attached hydrogen (secondary N) is 5. The van der Waals surface area contributed by atoms with Crippen LogP contribution < -0.4 is 26.0 Å². The van der Waals surface area contributed by atoms with E-state index in [0.29, 0.717) is 91.1 Å². The third-order valence-electron chi connectivity index (χ3n) is 11.5. The number of hydrogen-bond acceptors (Lipinski definition) is 11. The maximum Gasteiger partial charge on any atom is 0.573 e. The molecule has 15 nitrogen and oxygen atoms in total. The van der Waals surface area contributed by atoms with Gasteiger partial charge in [-0.2, -0.15) is 0 Å². The summed E-state index contributed by atoms with van der Waals surface area (Å²) < 4.78 is 56.5. The topological polar surface area (TPSA) is 192 Å². The first kappa shape index (κ1) is 46.3. The minimum atomic E-state index is -5.09. The lowest BCUT2D eigenvalue weighted by molar-refractivity contribution is -0.274. The van der Waals surface area contributed by atoms with Crippen LogP contribution in [0.3, 0.4) is 0 Å². The number of fused-ring (bicyclic) bond motifs is 3. The van der Waals surface area contributed by atoms with Crippen LogP contribution in [-0.4, -0.2) is 101 Å². The molecule has 2 aliphatic rings. The second-order valence-corrected chi connectivity index (χ2v) is 17.7. The van der Waals surface area contributed by atoms with E-state index < -0.39 is 42.4 Å². The molecule has 4 atom stereocenters. The monoisotopic (exact) mass is 908 g/mol. The van der Waals surface area contributed by atoms with Crippen LogP contribution >= 0.6 is 11.6 Å². The number of carbonyl (C=O) groups is 3. The first-order valence-corrected chi connectivity index (χ1v) is 21.4. The van der Waals surface area contributed by atoms with Crippen molar-refractivity contribution in [2.75, 3.05) is 50.6 Å². The molecule has 3 aromatic carbocycles. The van der Waals surface area contributed by atoms with Gasteiger partial charge in [0.05, 0.1) is 46.7 Å². The predicted molar refractivity (Wildman–Crippen MR) is 236 cm³/mol. The average Bonchev–Trinajstić information content (AvgIpc) is 3.88. The van der Waals surface area contributed by atoms with Gasteiger partial charge in [0, 0.05) is 49.2 Å². The zero-order chi connectivity index (χ0) is 45.9. The molecule has 2 aliphatic heterocycles. The molecule has 4 heterocycles. The Morgan fingerprint density at radius 1 is 1.05 bits per heavy atom. The van der Waals surface area contributed by atoms with Gasteiger partial charge in [0.25, 0.3) is 5.91 Å². The van der Waals surface area contributed by atoms with Crippen LogP contribution in [0.1, 0.15) is 69.2 Å². The number of pyridine rings is 1. The van der Waals surface area contributed by atoms with E-state index in [1.165, 1.54) is 19.4 Å². The Morgan fingerprint density at radius 3 is 2.50 bits per heavy atom. The number of aromatic nitrogens is 3. The van der Waals surface area contributed by atoms with Crippen LogP contribution in [0.5, 0.6) is 5.75 Å². The lowest BCUT2D eigenvalue weighted by Gasteiger charge is -2.34. The second kappa shape index (κ2) is 19.2. The number of halogens is 4. The lowest BCUT2D eigenvalue weighted by Crippen LogP contribution is -2.53. The van der Waals surface area contributed by atoms with Crippen LogP contribution in [0.4, 0.5) is 29.5 Å². The van der Waals surface area contributed by atoms with E-state index in [9.17, 15) is 32.7 Å². The number of alkyl halides is 3. The molecule has 5 aromatic rings. The van der Waals surface area contributed by atoms with Crippen molar-refractivity contribution in [3.63, 3.8) is 0 Å². The number of H-pyrrole nitrogens is 1. The Balaban J connectivity index is 1.11. The molecule has 2 saturated heterocycles. The summed E-state index contributed by atoms with van der Waals surface area (Å²) in [6.07, 6.45) is -3.23. The Hall–Kier alpha value is -5.69.